The van der Waals surface area contributed by atoms with E-state index >= 15 is 0 Å². The maximum Gasteiger partial charge on any atom is 0.408 e. The fourth-order valence-electron chi connectivity index (χ4n) is 3.41. The number of nitrogens with zero attached hydrogens (tertiary/aromatic N) is 2. The number of aliphatic carboxylic acids is 1. The Morgan fingerprint density at radius 1 is 0.702 bits per heavy atom. The van der Waals surface area contributed by atoms with Crippen molar-refractivity contribution in [2.24, 2.45) is 0 Å². The summed E-state index contributed by atoms with van der Waals surface area (Å²) in [5, 5.41) is 35.0. The summed E-state index contributed by atoms with van der Waals surface area (Å²) < 4.78 is 14.8. The Kier molecular flexibility index (Phi) is 18.0. The number of hydrogen-bond acceptors (Lipinski definition) is 11. The van der Waals surface area contributed by atoms with E-state index in [0.29, 0.717) is 11.1 Å². The molecule has 2 amide bonds. The van der Waals surface area contributed by atoms with Gasteiger partial charge in [-0.1, -0.05) is 39.1 Å². The minimum atomic E-state index is -1.22. The van der Waals surface area contributed by atoms with Crippen LogP contribution in [0.25, 0.3) is 0 Å². The standard InChI is InChI=1S/C15H20N2O6.C14H18N2O6.2CH4/c1-15(2,3)23-14(19)16-12(13(18)22-4)9-10-5-7-11(8-6-10)17(20)21;1-14(2,3)22-13(19)15-11(12(17)18)8-9-4-6-10(7-5-9)16(20)21;;/h5-8,12H,9H2,1-4H3,(H,16,19);4-7,11H,8H2,1-3H3,(H,15,19)(H,17,18);2*1H4. The smallest absolute Gasteiger partial charge is 0.408 e. The van der Waals surface area contributed by atoms with E-state index in [0.717, 1.165) is 0 Å². The Bertz CT molecular complexity index is 1350. The van der Waals surface area contributed by atoms with Crippen LogP contribution in [-0.4, -0.2) is 69.5 Å². The molecule has 262 valence electrons. The van der Waals surface area contributed by atoms with Gasteiger partial charge in [-0.3, -0.25) is 20.2 Å². The zero-order valence-electron chi connectivity index (χ0n) is 26.0. The van der Waals surface area contributed by atoms with Crippen LogP contribution in [0.4, 0.5) is 21.0 Å². The monoisotopic (exact) mass is 666 g/mol. The lowest BCUT2D eigenvalue weighted by atomic mass is 10.1. The molecule has 2 aromatic rings. The minimum absolute atomic E-state index is 0. The van der Waals surface area contributed by atoms with E-state index in [1.54, 1.807) is 41.5 Å². The first-order valence-corrected chi connectivity index (χ1v) is 13.5. The predicted molar refractivity (Wildman–Crippen MR) is 173 cm³/mol. The van der Waals surface area contributed by atoms with Gasteiger partial charge in [-0.05, 0) is 52.7 Å². The number of nitrogens with one attached hydrogen (secondary N) is 2. The second-order valence-corrected chi connectivity index (χ2v) is 11.5. The minimum Gasteiger partial charge on any atom is -0.480 e. The molecule has 2 aromatic carbocycles. The maximum absolute atomic E-state index is 11.8. The summed E-state index contributed by atoms with van der Waals surface area (Å²) >= 11 is 0. The molecule has 0 saturated carbocycles. The van der Waals surface area contributed by atoms with Gasteiger partial charge >= 0.3 is 24.1 Å². The Morgan fingerprint density at radius 2 is 1.02 bits per heavy atom. The number of nitro groups is 2. The Balaban J connectivity index is 0. The predicted octanol–water partition coefficient (Wildman–Crippen LogP) is 5.59. The van der Waals surface area contributed by atoms with Gasteiger partial charge in [0.05, 0.1) is 17.0 Å². The highest BCUT2D eigenvalue weighted by Crippen LogP contribution is 2.15. The van der Waals surface area contributed by atoms with Crippen LogP contribution in [0, 0.1) is 20.2 Å². The maximum atomic E-state index is 11.8. The first-order chi connectivity index (χ1) is 20.7. The van der Waals surface area contributed by atoms with Gasteiger partial charge in [0.25, 0.3) is 11.4 Å². The number of carboxylic acids is 1. The van der Waals surface area contributed by atoms with Crippen LogP contribution >= 0.6 is 0 Å². The number of rotatable bonds is 10. The fraction of sp³-hybridized carbons (Fsp3) is 0.484. The summed E-state index contributed by atoms with van der Waals surface area (Å²) in [4.78, 5) is 66.5. The number of methoxy groups -OCH3 is 1. The summed E-state index contributed by atoms with van der Waals surface area (Å²) in [6.45, 7) is 10.1. The van der Waals surface area contributed by atoms with Gasteiger partial charge in [0.15, 0.2) is 0 Å². The lowest BCUT2D eigenvalue weighted by Crippen LogP contribution is -2.45. The first kappa shape index (κ1) is 43.8. The lowest BCUT2D eigenvalue weighted by molar-refractivity contribution is -0.385. The van der Waals surface area contributed by atoms with Gasteiger partial charge in [-0.2, -0.15) is 0 Å². The van der Waals surface area contributed by atoms with Crippen molar-refractivity contribution in [1.29, 1.82) is 0 Å². The Hall–Kier alpha value is -5.28. The molecule has 0 radical (unpaired) electrons. The number of alkyl carbamates (subject to hydrolysis) is 2. The zero-order chi connectivity index (χ0) is 34.5. The molecule has 0 fully saturated rings. The molecular formula is C31H46N4O12. The number of benzene rings is 2. The molecule has 0 aliphatic rings. The van der Waals surface area contributed by atoms with Crippen LogP contribution in [-0.2, 0) is 36.6 Å². The molecular weight excluding hydrogens is 620 g/mol. The molecule has 0 aliphatic heterocycles. The van der Waals surface area contributed by atoms with Crippen molar-refractivity contribution in [2.45, 2.75) is 92.5 Å². The molecule has 0 aromatic heterocycles. The number of hydrogen-bond donors (Lipinski definition) is 3. The molecule has 16 nitrogen and oxygen atoms in total. The Morgan fingerprint density at radius 3 is 1.30 bits per heavy atom. The largest absolute Gasteiger partial charge is 0.480 e. The molecule has 0 spiro atoms. The number of carboxylic acid groups (broad SMARTS) is 1. The number of carbonyl (C=O) groups is 4. The highest BCUT2D eigenvalue weighted by atomic mass is 16.6. The topological polar surface area (TPSA) is 227 Å². The molecule has 47 heavy (non-hydrogen) atoms. The van der Waals surface area contributed by atoms with E-state index < -0.39 is 57.3 Å². The summed E-state index contributed by atoms with van der Waals surface area (Å²) in [7, 11) is 1.21. The SMILES string of the molecule is C.C.CC(C)(C)OC(=O)NC(Cc1ccc([N+](=O)[O-])cc1)C(=O)O.COC(=O)C(Cc1ccc([N+](=O)[O-])cc1)NC(=O)OC(C)(C)C. The van der Waals surface area contributed by atoms with E-state index in [9.17, 15) is 39.4 Å². The molecule has 0 bridgehead atoms. The molecule has 0 aliphatic carbocycles. The summed E-state index contributed by atoms with van der Waals surface area (Å²) in [5.74, 6) is -1.85. The van der Waals surface area contributed by atoms with Crippen LogP contribution < -0.4 is 10.6 Å². The second kappa shape index (κ2) is 19.3. The van der Waals surface area contributed by atoms with Gasteiger partial charge in [0.1, 0.15) is 23.3 Å². The normalized spacial score (nSPS) is 11.7. The van der Waals surface area contributed by atoms with Gasteiger partial charge in [-0.15, -0.1) is 0 Å². The van der Waals surface area contributed by atoms with E-state index in [-0.39, 0.29) is 39.1 Å². The second-order valence-electron chi connectivity index (χ2n) is 11.5. The number of carbonyl (C=O) groups excluding carboxylic acids is 3. The van der Waals surface area contributed by atoms with Crippen LogP contribution in [0.15, 0.2) is 48.5 Å². The van der Waals surface area contributed by atoms with Crippen LogP contribution in [0.1, 0.15) is 67.5 Å². The number of amides is 2. The van der Waals surface area contributed by atoms with E-state index in [1.807, 2.05) is 0 Å². The third kappa shape index (κ3) is 17.7. The third-order valence-corrected chi connectivity index (χ3v) is 5.34. The van der Waals surface area contributed by atoms with E-state index in [1.165, 1.54) is 55.6 Å². The highest BCUT2D eigenvalue weighted by molar-refractivity contribution is 5.82. The molecule has 2 unspecified atom stereocenters. The van der Waals surface area contributed by atoms with Crippen molar-refractivity contribution >= 4 is 35.5 Å². The van der Waals surface area contributed by atoms with Gasteiger partial charge in [0.2, 0.25) is 0 Å². The molecule has 3 N–H and O–H groups in total. The van der Waals surface area contributed by atoms with Crippen LogP contribution in [0.3, 0.4) is 0 Å². The quantitative estimate of drug-likeness (QED) is 0.122. The lowest BCUT2D eigenvalue weighted by Gasteiger charge is -2.22. The summed E-state index contributed by atoms with van der Waals surface area (Å²) in [5.41, 5.74) is -0.381. The molecule has 0 heterocycles. The fourth-order valence-corrected chi connectivity index (χ4v) is 3.41. The van der Waals surface area contributed by atoms with Crippen molar-refractivity contribution in [3.05, 3.63) is 79.9 Å². The number of nitro benzene ring substituents is 2. The first-order valence-electron chi connectivity index (χ1n) is 13.5. The van der Waals surface area contributed by atoms with Crippen molar-refractivity contribution in [3.63, 3.8) is 0 Å². The average Bonchev–Trinajstić information content (AvgIpc) is 2.90. The number of non-ortho nitro benzene ring substituents is 2. The van der Waals surface area contributed by atoms with Crippen molar-refractivity contribution in [1.82, 2.24) is 10.6 Å². The third-order valence-electron chi connectivity index (χ3n) is 5.34. The van der Waals surface area contributed by atoms with Gasteiger partial charge in [0, 0.05) is 37.1 Å². The van der Waals surface area contributed by atoms with Crippen molar-refractivity contribution in [2.75, 3.05) is 7.11 Å². The van der Waals surface area contributed by atoms with Crippen molar-refractivity contribution < 1.29 is 48.3 Å². The van der Waals surface area contributed by atoms with E-state index in [2.05, 4.69) is 15.4 Å². The molecule has 16 heteroatoms. The van der Waals surface area contributed by atoms with Gasteiger partial charge in [-0.25, -0.2) is 19.2 Å². The average molecular weight is 667 g/mol. The number of ether oxygens (including phenoxy) is 3. The highest BCUT2D eigenvalue weighted by Gasteiger charge is 2.26. The molecule has 2 atom stereocenters. The van der Waals surface area contributed by atoms with Crippen LogP contribution in [0.2, 0.25) is 0 Å². The zero-order valence-corrected chi connectivity index (χ0v) is 26.0. The molecule has 0 saturated heterocycles. The van der Waals surface area contributed by atoms with Crippen LogP contribution in [0.5, 0.6) is 0 Å². The summed E-state index contributed by atoms with van der Waals surface area (Å²) in [6, 6.07) is 9.02. The Labute approximate surface area is 274 Å². The molecule has 2 rings (SSSR count). The summed E-state index contributed by atoms with van der Waals surface area (Å²) in [6.07, 6.45) is -1.45. The van der Waals surface area contributed by atoms with Crippen molar-refractivity contribution in [3.8, 4) is 0 Å². The van der Waals surface area contributed by atoms with E-state index in [4.69, 9.17) is 14.6 Å². The van der Waals surface area contributed by atoms with Gasteiger partial charge < -0.3 is 30.0 Å². The number of esters is 1.